The van der Waals surface area contributed by atoms with Crippen molar-refractivity contribution in [1.82, 2.24) is 0 Å². The van der Waals surface area contributed by atoms with Crippen molar-refractivity contribution in [2.75, 3.05) is 5.32 Å². The Kier molecular flexibility index (Phi) is 3.85. The van der Waals surface area contributed by atoms with E-state index in [2.05, 4.69) is 5.32 Å². The number of halogens is 1. The maximum Gasteiger partial charge on any atom is 0.295 e. The lowest BCUT2D eigenvalue weighted by molar-refractivity contribution is -0.384. The molecule has 0 heterocycles. The molecule has 0 aliphatic rings. The summed E-state index contributed by atoms with van der Waals surface area (Å²) in [5, 5.41) is 13.6. The van der Waals surface area contributed by atoms with Gasteiger partial charge in [0.15, 0.2) is 0 Å². The molecule has 0 aliphatic heterocycles. The van der Waals surface area contributed by atoms with Crippen LogP contribution in [0.3, 0.4) is 0 Å². The third kappa shape index (κ3) is 3.69. The first kappa shape index (κ1) is 13.9. The molecule has 1 rings (SSSR count). The topological polar surface area (TPSA) is 98.3 Å². The molecule has 1 amide bonds. The highest BCUT2D eigenvalue weighted by Gasteiger charge is 2.24. The number of benzene rings is 1. The number of nitrogens with zero attached hydrogens (tertiary/aromatic N) is 1. The Morgan fingerprint density at radius 1 is 1.56 bits per heavy atom. The number of nitrogens with two attached hydrogens (primary N) is 1. The summed E-state index contributed by atoms with van der Waals surface area (Å²) in [5.41, 5.74) is 4.09. The van der Waals surface area contributed by atoms with E-state index < -0.39 is 22.2 Å². The molecule has 0 aliphatic carbocycles. The molecular weight excluding hydrogens is 241 g/mol. The van der Waals surface area contributed by atoms with E-state index >= 15 is 0 Å². The number of nitro groups is 1. The Labute approximate surface area is 103 Å². The number of hydrogen-bond acceptors (Lipinski definition) is 4. The predicted molar refractivity (Wildman–Crippen MR) is 64.6 cm³/mol. The number of primary amides is 1. The van der Waals surface area contributed by atoms with Crippen LogP contribution in [-0.2, 0) is 4.79 Å². The molecule has 0 aromatic heterocycles. The van der Waals surface area contributed by atoms with Gasteiger partial charge in [-0.15, -0.1) is 0 Å². The minimum absolute atomic E-state index is 0.00152. The van der Waals surface area contributed by atoms with Gasteiger partial charge >= 0.3 is 0 Å². The maximum atomic E-state index is 12.9. The minimum Gasteiger partial charge on any atom is -0.374 e. The van der Waals surface area contributed by atoms with Gasteiger partial charge in [0.25, 0.3) is 5.69 Å². The molecule has 0 spiro atoms. The Morgan fingerprint density at radius 3 is 2.67 bits per heavy atom. The average Bonchev–Trinajstić information content (AvgIpc) is 2.18. The van der Waals surface area contributed by atoms with Gasteiger partial charge in [0.2, 0.25) is 5.91 Å². The fraction of sp³-hybridized carbons (Fsp3) is 0.364. The standard InChI is InChI=1S/C11H14FN3O3/c1-11(2,6-10(13)16)14-8-4-3-7(12)5-9(8)15(17)18/h3-5,14H,6H2,1-2H3,(H2,13,16). The molecule has 0 radical (unpaired) electrons. The summed E-state index contributed by atoms with van der Waals surface area (Å²) >= 11 is 0. The van der Waals surface area contributed by atoms with Crippen molar-refractivity contribution in [3.8, 4) is 0 Å². The van der Waals surface area contributed by atoms with Crippen LogP contribution < -0.4 is 11.1 Å². The van der Waals surface area contributed by atoms with E-state index in [4.69, 9.17) is 5.73 Å². The highest BCUT2D eigenvalue weighted by atomic mass is 19.1. The van der Waals surface area contributed by atoms with Gasteiger partial charge in [-0.2, -0.15) is 0 Å². The number of anilines is 1. The summed E-state index contributed by atoms with van der Waals surface area (Å²) in [5.74, 6) is -1.22. The number of hydrogen-bond donors (Lipinski definition) is 2. The molecule has 0 saturated carbocycles. The fourth-order valence-electron chi connectivity index (χ4n) is 1.61. The Balaban J connectivity index is 3.03. The van der Waals surface area contributed by atoms with Crippen molar-refractivity contribution in [3.05, 3.63) is 34.1 Å². The monoisotopic (exact) mass is 255 g/mol. The number of carbonyl (C=O) groups is 1. The first-order valence-corrected chi connectivity index (χ1v) is 5.22. The van der Waals surface area contributed by atoms with Crippen LogP contribution >= 0.6 is 0 Å². The van der Waals surface area contributed by atoms with Crippen molar-refractivity contribution in [3.63, 3.8) is 0 Å². The van der Waals surface area contributed by atoms with Crippen LogP contribution in [0.1, 0.15) is 20.3 Å². The molecule has 0 saturated heterocycles. The second kappa shape index (κ2) is 4.99. The van der Waals surface area contributed by atoms with Crippen molar-refractivity contribution >= 4 is 17.3 Å². The van der Waals surface area contributed by atoms with E-state index in [-0.39, 0.29) is 17.8 Å². The fourth-order valence-corrected chi connectivity index (χ4v) is 1.61. The summed E-state index contributed by atoms with van der Waals surface area (Å²) in [6.45, 7) is 3.34. The summed E-state index contributed by atoms with van der Waals surface area (Å²) in [4.78, 5) is 21.0. The minimum atomic E-state index is -0.756. The maximum absolute atomic E-state index is 12.9. The number of carbonyl (C=O) groups excluding carboxylic acids is 1. The summed E-state index contributed by atoms with van der Waals surface area (Å²) < 4.78 is 12.9. The number of amides is 1. The van der Waals surface area contributed by atoms with E-state index in [0.29, 0.717) is 0 Å². The van der Waals surface area contributed by atoms with E-state index in [9.17, 15) is 19.3 Å². The molecule has 0 bridgehead atoms. The van der Waals surface area contributed by atoms with Crippen LogP contribution in [0.2, 0.25) is 0 Å². The Hall–Kier alpha value is -2.18. The summed E-state index contributed by atoms with van der Waals surface area (Å²) in [6, 6.07) is 3.19. The quantitative estimate of drug-likeness (QED) is 0.619. The van der Waals surface area contributed by atoms with Gasteiger partial charge in [-0.25, -0.2) is 4.39 Å². The van der Waals surface area contributed by atoms with E-state index in [1.807, 2.05) is 0 Å². The lowest BCUT2D eigenvalue weighted by Gasteiger charge is -2.25. The van der Waals surface area contributed by atoms with Crippen molar-refractivity contribution in [2.45, 2.75) is 25.8 Å². The molecule has 0 atom stereocenters. The predicted octanol–water partition coefficient (Wildman–Crippen LogP) is 1.80. The van der Waals surface area contributed by atoms with E-state index in [1.54, 1.807) is 13.8 Å². The lowest BCUT2D eigenvalue weighted by atomic mass is 9.99. The Morgan fingerprint density at radius 2 is 2.17 bits per heavy atom. The van der Waals surface area contributed by atoms with Gasteiger partial charge < -0.3 is 11.1 Å². The largest absolute Gasteiger partial charge is 0.374 e. The van der Waals surface area contributed by atoms with Crippen LogP contribution in [0, 0.1) is 15.9 Å². The first-order chi connectivity index (χ1) is 8.21. The molecule has 0 unspecified atom stereocenters. The molecule has 98 valence electrons. The zero-order valence-corrected chi connectivity index (χ0v) is 10.1. The molecule has 6 nitrogen and oxygen atoms in total. The summed E-state index contributed by atoms with van der Waals surface area (Å²) in [7, 11) is 0. The lowest BCUT2D eigenvalue weighted by Crippen LogP contribution is -2.36. The smallest absolute Gasteiger partial charge is 0.295 e. The van der Waals surface area contributed by atoms with E-state index in [1.165, 1.54) is 6.07 Å². The molecule has 18 heavy (non-hydrogen) atoms. The van der Waals surface area contributed by atoms with Gasteiger partial charge in [0.05, 0.1) is 11.0 Å². The average molecular weight is 255 g/mol. The molecule has 1 aromatic carbocycles. The second-order valence-electron chi connectivity index (χ2n) is 4.57. The Bertz CT molecular complexity index is 488. The molecule has 1 aromatic rings. The zero-order chi connectivity index (χ0) is 13.9. The normalized spacial score (nSPS) is 11.1. The SMILES string of the molecule is CC(C)(CC(N)=O)Nc1ccc(F)cc1[N+](=O)[O-]. The molecular formula is C11H14FN3O3. The third-order valence-corrected chi connectivity index (χ3v) is 2.25. The van der Waals surface area contributed by atoms with Crippen molar-refractivity contribution < 1.29 is 14.1 Å². The van der Waals surface area contributed by atoms with Gasteiger partial charge in [0.1, 0.15) is 11.5 Å². The number of nitrogens with one attached hydrogen (secondary N) is 1. The molecule has 3 N–H and O–H groups in total. The molecule has 7 heteroatoms. The number of rotatable bonds is 5. The highest BCUT2D eigenvalue weighted by Crippen LogP contribution is 2.28. The van der Waals surface area contributed by atoms with Gasteiger partial charge in [0, 0.05) is 12.0 Å². The highest BCUT2D eigenvalue weighted by molar-refractivity contribution is 5.76. The van der Waals surface area contributed by atoms with Crippen LogP contribution in [0.5, 0.6) is 0 Å². The van der Waals surface area contributed by atoms with Crippen LogP contribution in [0.15, 0.2) is 18.2 Å². The first-order valence-electron chi connectivity index (χ1n) is 5.22. The second-order valence-corrected chi connectivity index (χ2v) is 4.57. The van der Waals surface area contributed by atoms with Gasteiger partial charge in [-0.3, -0.25) is 14.9 Å². The van der Waals surface area contributed by atoms with Crippen molar-refractivity contribution in [1.29, 1.82) is 0 Å². The zero-order valence-electron chi connectivity index (χ0n) is 10.1. The molecule has 0 fully saturated rings. The van der Waals surface area contributed by atoms with Crippen LogP contribution in [0.4, 0.5) is 15.8 Å². The third-order valence-electron chi connectivity index (χ3n) is 2.25. The van der Waals surface area contributed by atoms with Crippen LogP contribution in [-0.4, -0.2) is 16.4 Å². The van der Waals surface area contributed by atoms with Crippen molar-refractivity contribution in [2.24, 2.45) is 5.73 Å². The van der Waals surface area contributed by atoms with Crippen LogP contribution in [0.25, 0.3) is 0 Å². The van der Waals surface area contributed by atoms with E-state index in [0.717, 1.165) is 12.1 Å². The summed E-state index contributed by atoms with van der Waals surface area (Å²) in [6.07, 6.45) is 0.00152. The number of nitro benzene ring substituents is 1. The van der Waals surface area contributed by atoms with Gasteiger partial charge in [-0.05, 0) is 26.0 Å². The van der Waals surface area contributed by atoms with Gasteiger partial charge in [-0.1, -0.05) is 0 Å².